The number of rotatable bonds is 8. The molecule has 7 nitrogen and oxygen atoms in total. The number of Topliss-reactive ketones (excluding diaryl/α,β-unsaturated/α-hetero) is 1. The number of benzene rings is 3. The fraction of sp³-hybridized carbons (Fsp3) is 0.192. The number of fused-ring (bicyclic) bond motifs is 1. The van der Waals surface area contributed by atoms with Crippen molar-refractivity contribution in [2.24, 2.45) is 0 Å². The molecule has 0 saturated heterocycles. The SMILES string of the molecule is C[C@H](C(=O)NCc1ccc(F)cc1)N1C(=O)COc2ccc(C(=O)COc3ccccc3Cl)cc21. The Morgan fingerprint density at radius 2 is 1.89 bits per heavy atom. The van der Waals surface area contributed by atoms with Gasteiger partial charge in [0.2, 0.25) is 5.91 Å². The predicted molar refractivity (Wildman–Crippen MR) is 128 cm³/mol. The molecule has 0 unspecified atom stereocenters. The fourth-order valence-electron chi connectivity index (χ4n) is 3.61. The quantitative estimate of drug-likeness (QED) is 0.473. The molecular formula is C26H22ClFN2O5. The summed E-state index contributed by atoms with van der Waals surface area (Å²) in [4.78, 5) is 39.6. The van der Waals surface area contributed by atoms with Crippen LogP contribution in [0.25, 0.3) is 0 Å². The van der Waals surface area contributed by atoms with Crippen LogP contribution in [0.2, 0.25) is 5.02 Å². The van der Waals surface area contributed by atoms with Gasteiger partial charge in [0.15, 0.2) is 19.0 Å². The molecule has 9 heteroatoms. The first kappa shape index (κ1) is 24.2. The van der Waals surface area contributed by atoms with Crippen molar-refractivity contribution in [2.75, 3.05) is 18.1 Å². The lowest BCUT2D eigenvalue weighted by Crippen LogP contribution is -2.51. The Balaban J connectivity index is 1.48. The second-order valence-electron chi connectivity index (χ2n) is 7.90. The molecule has 1 heterocycles. The minimum absolute atomic E-state index is 0.173. The number of hydrogen-bond donors (Lipinski definition) is 1. The molecule has 3 aromatic rings. The second kappa shape index (κ2) is 10.6. The molecule has 0 aromatic heterocycles. The Labute approximate surface area is 206 Å². The van der Waals surface area contributed by atoms with Gasteiger partial charge in [-0.1, -0.05) is 35.9 Å². The zero-order valence-electron chi connectivity index (χ0n) is 18.8. The number of para-hydroxylation sites is 1. The van der Waals surface area contributed by atoms with E-state index in [0.717, 1.165) is 0 Å². The highest BCUT2D eigenvalue weighted by atomic mass is 35.5. The van der Waals surface area contributed by atoms with Gasteiger partial charge in [-0.05, 0) is 55.0 Å². The number of ether oxygens (including phenoxy) is 2. The van der Waals surface area contributed by atoms with E-state index < -0.39 is 17.9 Å². The monoisotopic (exact) mass is 496 g/mol. The highest BCUT2D eigenvalue weighted by molar-refractivity contribution is 6.32. The number of amides is 2. The van der Waals surface area contributed by atoms with Crippen molar-refractivity contribution in [3.05, 3.63) is 88.7 Å². The molecule has 0 aliphatic carbocycles. The second-order valence-corrected chi connectivity index (χ2v) is 8.30. The van der Waals surface area contributed by atoms with Crippen LogP contribution in [0, 0.1) is 5.82 Å². The van der Waals surface area contributed by atoms with E-state index in [1.165, 1.54) is 23.1 Å². The fourth-order valence-corrected chi connectivity index (χ4v) is 3.80. The van der Waals surface area contributed by atoms with Crippen molar-refractivity contribution < 1.29 is 28.2 Å². The van der Waals surface area contributed by atoms with E-state index in [1.54, 1.807) is 55.5 Å². The smallest absolute Gasteiger partial charge is 0.265 e. The van der Waals surface area contributed by atoms with Gasteiger partial charge in [-0.15, -0.1) is 0 Å². The molecule has 3 aromatic carbocycles. The molecule has 0 fully saturated rings. The average molecular weight is 497 g/mol. The molecule has 1 atom stereocenters. The van der Waals surface area contributed by atoms with E-state index in [2.05, 4.69) is 5.32 Å². The van der Waals surface area contributed by atoms with Gasteiger partial charge in [0.05, 0.1) is 10.7 Å². The molecule has 180 valence electrons. The van der Waals surface area contributed by atoms with Crippen LogP contribution < -0.4 is 19.7 Å². The lowest BCUT2D eigenvalue weighted by molar-refractivity contribution is -0.127. The predicted octanol–water partition coefficient (Wildman–Crippen LogP) is 4.17. The van der Waals surface area contributed by atoms with Crippen molar-refractivity contribution in [3.63, 3.8) is 0 Å². The summed E-state index contributed by atoms with van der Waals surface area (Å²) in [5.74, 6) is -0.766. The van der Waals surface area contributed by atoms with Crippen LogP contribution in [0.3, 0.4) is 0 Å². The van der Waals surface area contributed by atoms with Gasteiger partial charge in [0, 0.05) is 12.1 Å². The Kier molecular flexibility index (Phi) is 7.31. The topological polar surface area (TPSA) is 84.9 Å². The van der Waals surface area contributed by atoms with Crippen molar-refractivity contribution in [1.29, 1.82) is 0 Å². The van der Waals surface area contributed by atoms with Gasteiger partial charge >= 0.3 is 0 Å². The number of anilines is 1. The van der Waals surface area contributed by atoms with Crippen LogP contribution in [0.1, 0.15) is 22.8 Å². The molecule has 4 rings (SSSR count). The molecule has 35 heavy (non-hydrogen) atoms. The first-order chi connectivity index (χ1) is 16.8. The summed E-state index contributed by atoms with van der Waals surface area (Å²) in [7, 11) is 0. The maximum atomic E-state index is 13.1. The Morgan fingerprint density at radius 3 is 2.63 bits per heavy atom. The molecule has 0 radical (unpaired) electrons. The zero-order valence-corrected chi connectivity index (χ0v) is 19.5. The van der Waals surface area contributed by atoms with Crippen molar-refractivity contribution in [1.82, 2.24) is 5.32 Å². The summed E-state index contributed by atoms with van der Waals surface area (Å²) in [5, 5.41) is 3.14. The van der Waals surface area contributed by atoms with Crippen LogP contribution >= 0.6 is 11.6 Å². The number of halogens is 2. The Bertz CT molecular complexity index is 1260. The molecule has 0 bridgehead atoms. The largest absolute Gasteiger partial charge is 0.484 e. The highest BCUT2D eigenvalue weighted by Crippen LogP contribution is 2.34. The van der Waals surface area contributed by atoms with Crippen LogP contribution in [0.4, 0.5) is 10.1 Å². The average Bonchev–Trinajstić information content (AvgIpc) is 2.86. The molecule has 1 N–H and O–H groups in total. The van der Waals surface area contributed by atoms with Crippen molar-refractivity contribution >= 4 is 34.9 Å². The minimum atomic E-state index is -0.879. The summed E-state index contributed by atoms with van der Waals surface area (Å²) in [6, 6.07) is 16.3. The number of hydrogen-bond acceptors (Lipinski definition) is 5. The van der Waals surface area contributed by atoms with E-state index in [-0.39, 0.29) is 36.9 Å². The summed E-state index contributed by atoms with van der Waals surface area (Å²) >= 11 is 6.07. The van der Waals surface area contributed by atoms with E-state index >= 15 is 0 Å². The van der Waals surface area contributed by atoms with Crippen molar-refractivity contribution in [3.8, 4) is 11.5 Å². The summed E-state index contributed by atoms with van der Waals surface area (Å²) in [6.07, 6.45) is 0. The van der Waals surface area contributed by atoms with Crippen LogP contribution in [0.5, 0.6) is 11.5 Å². The summed E-state index contributed by atoms with van der Waals surface area (Å²) < 4.78 is 24.1. The standard InChI is InChI=1S/C26H22ClFN2O5/c1-16(26(33)29-13-17-6-9-19(28)10-7-17)30-21-12-18(8-11-24(21)35-15-25(30)32)22(31)14-34-23-5-3-2-4-20(23)27/h2-12,16H,13-15H2,1H3,(H,29,33)/t16-/m1/s1. The van der Waals surface area contributed by atoms with E-state index in [0.29, 0.717) is 27.8 Å². The lowest BCUT2D eigenvalue weighted by Gasteiger charge is -2.33. The third-order valence-electron chi connectivity index (χ3n) is 5.50. The van der Waals surface area contributed by atoms with Crippen LogP contribution in [-0.2, 0) is 16.1 Å². The minimum Gasteiger partial charge on any atom is -0.484 e. The summed E-state index contributed by atoms with van der Waals surface area (Å²) in [6.45, 7) is 1.27. The third kappa shape index (κ3) is 5.60. The highest BCUT2D eigenvalue weighted by Gasteiger charge is 2.33. The maximum Gasteiger partial charge on any atom is 0.265 e. The third-order valence-corrected chi connectivity index (χ3v) is 5.81. The van der Waals surface area contributed by atoms with Crippen LogP contribution in [-0.4, -0.2) is 36.9 Å². The number of nitrogens with zero attached hydrogens (tertiary/aromatic N) is 1. The Morgan fingerprint density at radius 1 is 1.14 bits per heavy atom. The molecule has 0 saturated carbocycles. The van der Waals surface area contributed by atoms with E-state index in [1.807, 2.05) is 0 Å². The van der Waals surface area contributed by atoms with Gasteiger partial charge in [-0.2, -0.15) is 0 Å². The van der Waals surface area contributed by atoms with Crippen molar-refractivity contribution in [2.45, 2.75) is 19.5 Å². The molecule has 1 aliphatic rings. The van der Waals surface area contributed by atoms with Gasteiger partial charge in [-0.25, -0.2) is 4.39 Å². The van der Waals surface area contributed by atoms with Gasteiger partial charge in [0.25, 0.3) is 5.91 Å². The first-order valence-corrected chi connectivity index (χ1v) is 11.2. The molecular weight excluding hydrogens is 475 g/mol. The van der Waals surface area contributed by atoms with Gasteiger partial charge in [0.1, 0.15) is 23.4 Å². The normalized spacial score (nSPS) is 13.5. The number of ketones is 1. The van der Waals surface area contributed by atoms with Crippen LogP contribution in [0.15, 0.2) is 66.7 Å². The Hall–Kier alpha value is -3.91. The number of carbonyl (C=O) groups is 3. The zero-order chi connectivity index (χ0) is 24.9. The maximum absolute atomic E-state index is 13.1. The lowest BCUT2D eigenvalue weighted by atomic mass is 10.1. The first-order valence-electron chi connectivity index (χ1n) is 10.8. The van der Waals surface area contributed by atoms with Gasteiger partial charge in [-0.3, -0.25) is 19.3 Å². The number of carbonyl (C=O) groups excluding carboxylic acids is 3. The number of nitrogens with one attached hydrogen (secondary N) is 1. The molecule has 0 spiro atoms. The van der Waals surface area contributed by atoms with E-state index in [4.69, 9.17) is 21.1 Å². The van der Waals surface area contributed by atoms with Gasteiger partial charge < -0.3 is 14.8 Å². The summed E-state index contributed by atoms with van der Waals surface area (Å²) in [5.41, 5.74) is 1.32. The molecule has 2 amide bonds. The molecule has 1 aliphatic heterocycles. The van der Waals surface area contributed by atoms with E-state index in [9.17, 15) is 18.8 Å².